The molecule has 0 heterocycles. The molecule has 0 spiro atoms. The summed E-state index contributed by atoms with van der Waals surface area (Å²) in [5.74, 6) is -1.11. The molecular weight excluding hydrogens is 307 g/mol. The Bertz CT molecular complexity index is 735. The molecule has 0 amide bonds. The molecule has 0 bridgehead atoms. The minimum atomic E-state index is -2.01. The number of allylic oxidation sites excluding steroid dienone is 4. The second-order valence-electron chi connectivity index (χ2n) is 8.44. The highest BCUT2D eigenvalue weighted by Crippen LogP contribution is 2.66. The third kappa shape index (κ3) is 1.60. The van der Waals surface area contributed by atoms with Crippen molar-refractivity contribution in [1.29, 1.82) is 0 Å². The van der Waals surface area contributed by atoms with Gasteiger partial charge in [0.25, 0.3) is 0 Å². The standard InChI is InChI=1S/C20H23FO3/c1-11-8-15-14-5-4-12-9-13(22)6-7-19(12,3)20(14,21)16(23)10-18(15,2)17(11)24/h6-7,9,14-15,17,24H,1,4-5,8,10H2,2-3H3/t14-,15-,17+,18-,19-,20-/m0/s1. The van der Waals surface area contributed by atoms with Crippen molar-refractivity contribution in [3.05, 3.63) is 36.0 Å². The van der Waals surface area contributed by atoms with Gasteiger partial charge >= 0.3 is 0 Å². The molecule has 0 aliphatic heterocycles. The fraction of sp³-hybridized carbons (Fsp3) is 0.600. The van der Waals surface area contributed by atoms with Crippen LogP contribution in [0.2, 0.25) is 0 Å². The van der Waals surface area contributed by atoms with E-state index in [0.717, 1.165) is 5.57 Å². The van der Waals surface area contributed by atoms with Crippen LogP contribution in [0.1, 0.15) is 39.5 Å². The van der Waals surface area contributed by atoms with Gasteiger partial charge in [-0.1, -0.05) is 25.2 Å². The lowest BCUT2D eigenvalue weighted by Crippen LogP contribution is -2.65. The molecule has 0 aromatic rings. The van der Waals surface area contributed by atoms with Gasteiger partial charge in [0.15, 0.2) is 17.2 Å². The Morgan fingerprint density at radius 1 is 1.29 bits per heavy atom. The first-order valence-corrected chi connectivity index (χ1v) is 8.67. The van der Waals surface area contributed by atoms with E-state index in [0.29, 0.717) is 24.8 Å². The van der Waals surface area contributed by atoms with Gasteiger partial charge in [-0.2, -0.15) is 0 Å². The van der Waals surface area contributed by atoms with Gasteiger partial charge in [-0.25, -0.2) is 4.39 Å². The molecule has 128 valence electrons. The average Bonchev–Trinajstić information content (AvgIpc) is 2.74. The Hall–Kier alpha value is -1.55. The second kappa shape index (κ2) is 4.54. The summed E-state index contributed by atoms with van der Waals surface area (Å²) < 4.78 is 16.5. The monoisotopic (exact) mass is 330 g/mol. The van der Waals surface area contributed by atoms with Gasteiger partial charge in [0.05, 0.1) is 6.10 Å². The number of fused-ring (bicyclic) bond motifs is 5. The van der Waals surface area contributed by atoms with Crippen molar-refractivity contribution in [2.75, 3.05) is 0 Å². The fourth-order valence-electron chi connectivity index (χ4n) is 5.88. The Labute approximate surface area is 141 Å². The first-order chi connectivity index (χ1) is 11.1. The number of hydrogen-bond acceptors (Lipinski definition) is 3. The third-order valence-corrected chi connectivity index (χ3v) is 7.33. The fourth-order valence-corrected chi connectivity index (χ4v) is 5.88. The van der Waals surface area contributed by atoms with Crippen LogP contribution in [0.25, 0.3) is 0 Å². The number of rotatable bonds is 0. The van der Waals surface area contributed by atoms with Crippen LogP contribution in [0.15, 0.2) is 36.0 Å². The summed E-state index contributed by atoms with van der Waals surface area (Å²) in [6, 6.07) is 0. The largest absolute Gasteiger partial charge is 0.388 e. The van der Waals surface area contributed by atoms with Gasteiger partial charge in [0.1, 0.15) is 0 Å². The van der Waals surface area contributed by atoms with E-state index in [2.05, 4.69) is 6.58 Å². The summed E-state index contributed by atoms with van der Waals surface area (Å²) in [5.41, 5.74) is -2.26. The molecule has 3 fully saturated rings. The van der Waals surface area contributed by atoms with Crippen LogP contribution < -0.4 is 0 Å². The third-order valence-electron chi connectivity index (χ3n) is 7.33. The van der Waals surface area contributed by atoms with Gasteiger partial charge in [-0.05, 0) is 49.8 Å². The number of ketones is 2. The molecule has 1 N–H and O–H groups in total. The number of carbonyl (C=O) groups excluding carboxylic acids is 2. The minimum Gasteiger partial charge on any atom is -0.388 e. The van der Waals surface area contributed by atoms with Gasteiger partial charge < -0.3 is 5.11 Å². The molecule has 3 saturated carbocycles. The van der Waals surface area contributed by atoms with E-state index in [4.69, 9.17) is 0 Å². The molecule has 4 aliphatic rings. The number of Topliss-reactive ketones (excluding diaryl/α,β-unsaturated/α-hetero) is 1. The topological polar surface area (TPSA) is 54.4 Å². The highest BCUT2D eigenvalue weighted by molar-refractivity contribution is 6.02. The number of halogens is 1. The number of aliphatic hydroxyl groups is 1. The molecule has 4 rings (SSSR count). The second-order valence-corrected chi connectivity index (χ2v) is 8.44. The van der Waals surface area contributed by atoms with Crippen molar-refractivity contribution in [3.8, 4) is 0 Å². The summed E-state index contributed by atoms with van der Waals surface area (Å²) in [7, 11) is 0. The lowest BCUT2D eigenvalue weighted by Gasteiger charge is -2.58. The van der Waals surface area contributed by atoms with E-state index in [1.807, 2.05) is 6.92 Å². The number of hydrogen-bond donors (Lipinski definition) is 1. The molecule has 3 nitrogen and oxygen atoms in total. The van der Waals surface area contributed by atoms with E-state index < -0.39 is 34.3 Å². The molecule has 0 unspecified atom stereocenters. The predicted molar refractivity (Wildman–Crippen MR) is 87.9 cm³/mol. The van der Waals surface area contributed by atoms with Crippen molar-refractivity contribution < 1.29 is 19.1 Å². The van der Waals surface area contributed by atoms with E-state index in [-0.39, 0.29) is 18.1 Å². The van der Waals surface area contributed by atoms with Crippen molar-refractivity contribution in [3.63, 3.8) is 0 Å². The van der Waals surface area contributed by atoms with Crippen LogP contribution in [0.3, 0.4) is 0 Å². The van der Waals surface area contributed by atoms with E-state index >= 15 is 4.39 Å². The van der Waals surface area contributed by atoms with Crippen LogP contribution >= 0.6 is 0 Å². The smallest absolute Gasteiger partial charge is 0.184 e. The van der Waals surface area contributed by atoms with Crippen molar-refractivity contribution >= 4 is 11.6 Å². The van der Waals surface area contributed by atoms with Crippen molar-refractivity contribution in [2.45, 2.75) is 51.3 Å². The summed E-state index contributed by atoms with van der Waals surface area (Å²) in [6.45, 7) is 7.58. The van der Waals surface area contributed by atoms with Crippen LogP contribution in [-0.2, 0) is 9.59 Å². The molecule has 4 aliphatic carbocycles. The van der Waals surface area contributed by atoms with Gasteiger partial charge in [-0.3, -0.25) is 9.59 Å². The van der Waals surface area contributed by atoms with Crippen LogP contribution in [0.5, 0.6) is 0 Å². The Morgan fingerprint density at radius 3 is 2.71 bits per heavy atom. The highest BCUT2D eigenvalue weighted by atomic mass is 19.1. The molecule has 0 radical (unpaired) electrons. The normalized spacial score (nSPS) is 50.2. The molecule has 24 heavy (non-hydrogen) atoms. The van der Waals surface area contributed by atoms with E-state index in [1.165, 1.54) is 12.2 Å². The molecular formula is C20H23FO3. The lowest BCUT2D eigenvalue weighted by atomic mass is 9.46. The summed E-state index contributed by atoms with van der Waals surface area (Å²) >= 11 is 0. The zero-order chi connectivity index (χ0) is 17.5. The maximum atomic E-state index is 16.5. The van der Waals surface area contributed by atoms with E-state index in [9.17, 15) is 14.7 Å². The quantitative estimate of drug-likeness (QED) is 0.695. The van der Waals surface area contributed by atoms with Gasteiger partial charge in [0.2, 0.25) is 0 Å². The highest BCUT2D eigenvalue weighted by Gasteiger charge is 2.71. The maximum Gasteiger partial charge on any atom is 0.184 e. The van der Waals surface area contributed by atoms with Crippen LogP contribution in [0.4, 0.5) is 4.39 Å². The molecule has 6 atom stereocenters. The van der Waals surface area contributed by atoms with Crippen molar-refractivity contribution in [1.82, 2.24) is 0 Å². The Kier molecular flexibility index (Phi) is 3.02. The number of carbonyl (C=O) groups is 2. The SMILES string of the molecule is C=C1C[C@H]2[C@@H]3CCC4=CC(=O)C=C[C@]4(C)[C@@]3(F)C(=O)C[C@]2(C)[C@@H]1O. The van der Waals surface area contributed by atoms with E-state index in [1.54, 1.807) is 13.0 Å². The van der Waals surface area contributed by atoms with Crippen molar-refractivity contribution in [2.24, 2.45) is 22.7 Å². The average molecular weight is 330 g/mol. The zero-order valence-corrected chi connectivity index (χ0v) is 14.1. The lowest BCUT2D eigenvalue weighted by molar-refractivity contribution is -0.169. The molecule has 0 saturated heterocycles. The van der Waals surface area contributed by atoms with Crippen LogP contribution in [-0.4, -0.2) is 28.4 Å². The molecule has 0 aromatic carbocycles. The van der Waals surface area contributed by atoms with Gasteiger partial charge in [-0.15, -0.1) is 0 Å². The Morgan fingerprint density at radius 2 is 2.00 bits per heavy atom. The van der Waals surface area contributed by atoms with Crippen LogP contribution in [0, 0.1) is 22.7 Å². The summed E-state index contributed by atoms with van der Waals surface area (Å²) in [4.78, 5) is 24.7. The predicted octanol–water partition coefficient (Wildman–Crippen LogP) is 3.09. The maximum absolute atomic E-state index is 16.5. The first-order valence-electron chi connectivity index (χ1n) is 8.67. The first kappa shape index (κ1) is 15.9. The molecule has 4 heteroatoms. The minimum absolute atomic E-state index is 0.0233. The van der Waals surface area contributed by atoms with Gasteiger partial charge in [0, 0.05) is 23.2 Å². The molecule has 0 aromatic heterocycles. The zero-order valence-electron chi connectivity index (χ0n) is 14.1. The number of aliphatic hydroxyl groups excluding tert-OH is 1. The Balaban J connectivity index is 1.86. The summed E-state index contributed by atoms with van der Waals surface area (Å²) in [6.07, 6.45) is 5.48. The summed E-state index contributed by atoms with van der Waals surface area (Å²) in [5, 5.41) is 10.5. The number of alkyl halides is 1.